The fourth-order valence-corrected chi connectivity index (χ4v) is 2.52. The van der Waals surface area contributed by atoms with Gasteiger partial charge in [-0.3, -0.25) is 9.69 Å². The second-order valence-electron chi connectivity index (χ2n) is 4.52. The zero-order valence-electron chi connectivity index (χ0n) is 10.5. The van der Waals surface area contributed by atoms with Gasteiger partial charge >= 0.3 is 5.97 Å². The molecule has 1 aliphatic rings. The van der Waals surface area contributed by atoms with Gasteiger partial charge in [0.15, 0.2) is 0 Å². The van der Waals surface area contributed by atoms with Gasteiger partial charge in [0.25, 0.3) is 0 Å². The smallest absolute Gasteiger partial charge is 0.324 e. The summed E-state index contributed by atoms with van der Waals surface area (Å²) in [5.74, 6) is -0.702. The molecule has 1 unspecified atom stereocenters. The molecule has 0 aromatic rings. The monoisotopic (exact) mass is 229 g/mol. The summed E-state index contributed by atoms with van der Waals surface area (Å²) in [4.78, 5) is 13.6. The van der Waals surface area contributed by atoms with E-state index in [1.54, 1.807) is 0 Å². The Kier molecular flexibility index (Phi) is 4.74. The van der Waals surface area contributed by atoms with Crippen LogP contribution in [0, 0.1) is 0 Å². The standard InChI is InChI=1S/C12H23NO3/c1-4-12(5-2,11(14)15)13-7-6-8-16-10(3)9-13/h10H,4-9H2,1-3H3,(H,14,15). The highest BCUT2D eigenvalue weighted by Crippen LogP contribution is 2.26. The lowest BCUT2D eigenvalue weighted by atomic mass is 9.90. The van der Waals surface area contributed by atoms with Crippen molar-refractivity contribution in [3.05, 3.63) is 0 Å². The molecule has 1 atom stereocenters. The number of carboxylic acids is 1. The first kappa shape index (κ1) is 13.5. The molecule has 0 aliphatic carbocycles. The molecule has 1 saturated heterocycles. The number of nitrogens with zero attached hydrogens (tertiary/aromatic N) is 1. The fraction of sp³-hybridized carbons (Fsp3) is 0.917. The van der Waals surface area contributed by atoms with Crippen LogP contribution in [0.2, 0.25) is 0 Å². The van der Waals surface area contributed by atoms with Crippen molar-refractivity contribution >= 4 is 5.97 Å². The minimum absolute atomic E-state index is 0.124. The van der Waals surface area contributed by atoms with E-state index >= 15 is 0 Å². The van der Waals surface area contributed by atoms with Crippen LogP contribution in [-0.4, -0.2) is 47.3 Å². The largest absolute Gasteiger partial charge is 0.480 e. The Hall–Kier alpha value is -0.610. The van der Waals surface area contributed by atoms with Gasteiger partial charge in [-0.05, 0) is 26.2 Å². The first-order valence-electron chi connectivity index (χ1n) is 6.17. The summed E-state index contributed by atoms with van der Waals surface area (Å²) in [6.45, 7) is 8.19. The number of rotatable bonds is 4. The first-order valence-corrected chi connectivity index (χ1v) is 6.17. The van der Waals surface area contributed by atoms with E-state index in [0.717, 1.165) is 19.6 Å². The molecule has 0 radical (unpaired) electrons. The van der Waals surface area contributed by atoms with Crippen molar-refractivity contribution in [3.8, 4) is 0 Å². The maximum Gasteiger partial charge on any atom is 0.324 e. The molecule has 4 nitrogen and oxygen atoms in total. The van der Waals surface area contributed by atoms with Crippen LogP contribution >= 0.6 is 0 Å². The summed E-state index contributed by atoms with van der Waals surface area (Å²) in [7, 11) is 0. The van der Waals surface area contributed by atoms with Crippen LogP contribution in [0.4, 0.5) is 0 Å². The predicted octanol–water partition coefficient (Wildman–Crippen LogP) is 1.74. The second kappa shape index (κ2) is 5.64. The lowest BCUT2D eigenvalue weighted by Gasteiger charge is -2.39. The summed E-state index contributed by atoms with van der Waals surface area (Å²) in [6.07, 6.45) is 2.33. The van der Waals surface area contributed by atoms with Gasteiger partial charge in [0, 0.05) is 19.7 Å². The van der Waals surface area contributed by atoms with Crippen molar-refractivity contribution < 1.29 is 14.6 Å². The van der Waals surface area contributed by atoms with Crippen LogP contribution in [0.15, 0.2) is 0 Å². The maximum absolute atomic E-state index is 11.5. The van der Waals surface area contributed by atoms with E-state index in [4.69, 9.17) is 4.74 Å². The SMILES string of the molecule is CCC(CC)(C(=O)O)N1CCCOC(C)C1. The third-order valence-electron chi connectivity index (χ3n) is 3.63. The van der Waals surface area contributed by atoms with Crippen molar-refractivity contribution in [2.45, 2.75) is 51.7 Å². The van der Waals surface area contributed by atoms with E-state index in [1.807, 2.05) is 20.8 Å². The van der Waals surface area contributed by atoms with Gasteiger partial charge in [0.1, 0.15) is 5.54 Å². The Bertz CT molecular complexity index is 238. The molecular formula is C12H23NO3. The van der Waals surface area contributed by atoms with E-state index in [-0.39, 0.29) is 6.10 Å². The average molecular weight is 229 g/mol. The molecule has 1 heterocycles. The van der Waals surface area contributed by atoms with Crippen LogP contribution in [-0.2, 0) is 9.53 Å². The molecule has 1 N–H and O–H groups in total. The first-order chi connectivity index (χ1) is 7.56. The van der Waals surface area contributed by atoms with Gasteiger partial charge in [-0.1, -0.05) is 13.8 Å². The summed E-state index contributed by atoms with van der Waals surface area (Å²) in [6, 6.07) is 0. The van der Waals surface area contributed by atoms with E-state index in [2.05, 4.69) is 4.90 Å². The Morgan fingerprint density at radius 1 is 1.50 bits per heavy atom. The Labute approximate surface area is 97.6 Å². The van der Waals surface area contributed by atoms with Gasteiger partial charge in [-0.15, -0.1) is 0 Å². The molecule has 1 aliphatic heterocycles. The summed E-state index contributed by atoms with van der Waals surface area (Å²) < 4.78 is 5.56. The molecule has 16 heavy (non-hydrogen) atoms. The van der Waals surface area contributed by atoms with Crippen LogP contribution in [0.3, 0.4) is 0 Å². The molecule has 0 aromatic heterocycles. The lowest BCUT2D eigenvalue weighted by Crippen LogP contribution is -2.55. The highest BCUT2D eigenvalue weighted by molar-refractivity contribution is 5.78. The number of aliphatic carboxylic acids is 1. The van der Waals surface area contributed by atoms with Crippen molar-refractivity contribution in [1.29, 1.82) is 0 Å². The lowest BCUT2D eigenvalue weighted by molar-refractivity contribution is -0.153. The van der Waals surface area contributed by atoms with Crippen LogP contribution < -0.4 is 0 Å². The predicted molar refractivity (Wildman–Crippen MR) is 62.6 cm³/mol. The van der Waals surface area contributed by atoms with Crippen molar-refractivity contribution in [1.82, 2.24) is 4.90 Å². The van der Waals surface area contributed by atoms with Crippen molar-refractivity contribution in [2.75, 3.05) is 19.7 Å². The second-order valence-corrected chi connectivity index (χ2v) is 4.52. The van der Waals surface area contributed by atoms with Crippen LogP contribution in [0.5, 0.6) is 0 Å². The van der Waals surface area contributed by atoms with Gasteiger partial charge in [-0.25, -0.2) is 0 Å². The summed E-state index contributed by atoms with van der Waals surface area (Å²) in [5, 5.41) is 9.47. The van der Waals surface area contributed by atoms with Crippen LogP contribution in [0.1, 0.15) is 40.0 Å². The number of hydrogen-bond donors (Lipinski definition) is 1. The van der Waals surface area contributed by atoms with Crippen LogP contribution in [0.25, 0.3) is 0 Å². The Balaban J connectivity index is 2.87. The topological polar surface area (TPSA) is 49.8 Å². The minimum Gasteiger partial charge on any atom is -0.480 e. The molecule has 1 rings (SSSR count). The maximum atomic E-state index is 11.5. The van der Waals surface area contributed by atoms with Gasteiger partial charge in [0.2, 0.25) is 0 Å². The molecule has 0 aromatic carbocycles. The molecule has 0 spiro atoms. The fourth-order valence-electron chi connectivity index (χ4n) is 2.52. The Morgan fingerprint density at radius 3 is 2.62 bits per heavy atom. The average Bonchev–Trinajstić information content (AvgIpc) is 2.46. The normalized spacial score (nSPS) is 24.1. The molecule has 0 bridgehead atoms. The van der Waals surface area contributed by atoms with Crippen molar-refractivity contribution in [2.24, 2.45) is 0 Å². The molecule has 0 amide bonds. The zero-order chi connectivity index (χ0) is 12.2. The van der Waals surface area contributed by atoms with Gasteiger partial charge < -0.3 is 9.84 Å². The summed E-state index contributed by atoms with van der Waals surface area (Å²) >= 11 is 0. The number of hydrogen-bond acceptors (Lipinski definition) is 3. The number of ether oxygens (including phenoxy) is 1. The molecule has 1 fully saturated rings. The third-order valence-corrected chi connectivity index (χ3v) is 3.63. The zero-order valence-corrected chi connectivity index (χ0v) is 10.5. The van der Waals surface area contributed by atoms with Crippen molar-refractivity contribution in [3.63, 3.8) is 0 Å². The third kappa shape index (κ3) is 2.55. The number of carboxylic acid groups (broad SMARTS) is 1. The molecule has 0 saturated carbocycles. The molecular weight excluding hydrogens is 206 g/mol. The quantitative estimate of drug-likeness (QED) is 0.797. The minimum atomic E-state index is -0.706. The van der Waals surface area contributed by atoms with E-state index in [9.17, 15) is 9.90 Å². The van der Waals surface area contributed by atoms with E-state index in [1.165, 1.54) is 0 Å². The highest BCUT2D eigenvalue weighted by atomic mass is 16.5. The van der Waals surface area contributed by atoms with Gasteiger partial charge in [0.05, 0.1) is 6.10 Å². The van der Waals surface area contributed by atoms with E-state index in [0.29, 0.717) is 19.4 Å². The van der Waals surface area contributed by atoms with E-state index < -0.39 is 11.5 Å². The Morgan fingerprint density at radius 2 is 2.12 bits per heavy atom. The molecule has 94 valence electrons. The highest BCUT2D eigenvalue weighted by Gasteiger charge is 2.41. The summed E-state index contributed by atoms with van der Waals surface area (Å²) in [5.41, 5.74) is -0.706. The molecule has 4 heteroatoms. The number of carbonyl (C=O) groups is 1. The van der Waals surface area contributed by atoms with Gasteiger partial charge in [-0.2, -0.15) is 0 Å².